The molecule has 0 aromatic heterocycles. The average molecular weight is 627 g/mol. The highest BCUT2D eigenvalue weighted by Crippen LogP contribution is 2.69. The van der Waals surface area contributed by atoms with Gasteiger partial charge in [0.05, 0.1) is 16.2 Å². The molecule has 8 heteroatoms. The van der Waals surface area contributed by atoms with Gasteiger partial charge in [0.1, 0.15) is 0 Å². The zero-order chi connectivity index (χ0) is 31.6. The van der Waals surface area contributed by atoms with Gasteiger partial charge in [-0.25, -0.2) is 8.42 Å². The maximum Gasteiger partial charge on any atom is 0.417 e. The van der Waals surface area contributed by atoms with Gasteiger partial charge in [-0.05, 0) is 135 Å². The van der Waals surface area contributed by atoms with Gasteiger partial charge < -0.3 is 10.2 Å². The lowest BCUT2D eigenvalue weighted by Crippen LogP contribution is -2.59. The molecule has 0 heterocycles. The van der Waals surface area contributed by atoms with Crippen molar-refractivity contribution in [3.63, 3.8) is 0 Å². The first-order valence-corrected chi connectivity index (χ1v) is 18.2. The van der Waals surface area contributed by atoms with Crippen molar-refractivity contribution in [1.82, 2.24) is 0 Å². The first-order chi connectivity index (χ1) is 19.9. The highest BCUT2D eigenvalue weighted by atomic mass is 32.2. The van der Waals surface area contributed by atoms with Crippen molar-refractivity contribution in [3.8, 4) is 0 Å². The van der Waals surface area contributed by atoms with Crippen LogP contribution in [0.1, 0.15) is 105 Å². The Morgan fingerprint density at radius 3 is 2.16 bits per heavy atom. The summed E-state index contributed by atoms with van der Waals surface area (Å²) in [5.41, 5.74) is -2.66. The summed E-state index contributed by atoms with van der Waals surface area (Å²) >= 11 is 0. The van der Waals surface area contributed by atoms with Crippen LogP contribution in [0.2, 0.25) is 0 Å². The molecular formula is C35H53F3O4S. The molecule has 0 amide bonds. The minimum atomic E-state index is -4.58. The number of aliphatic hydroxyl groups is 2. The molecule has 0 bridgehead atoms. The van der Waals surface area contributed by atoms with Gasteiger partial charge in [-0.2, -0.15) is 13.2 Å². The van der Waals surface area contributed by atoms with E-state index in [1.807, 2.05) is 19.9 Å². The second kappa shape index (κ2) is 11.6. The molecule has 11 atom stereocenters. The number of benzene rings is 1. The van der Waals surface area contributed by atoms with E-state index in [2.05, 4.69) is 20.8 Å². The summed E-state index contributed by atoms with van der Waals surface area (Å²) in [4.78, 5) is 0.314. The summed E-state index contributed by atoms with van der Waals surface area (Å²) in [5.74, 6) is 1.74. The van der Waals surface area contributed by atoms with E-state index in [1.165, 1.54) is 0 Å². The van der Waals surface area contributed by atoms with Crippen molar-refractivity contribution in [1.29, 1.82) is 0 Å². The predicted molar refractivity (Wildman–Crippen MR) is 163 cm³/mol. The first-order valence-electron chi connectivity index (χ1n) is 16.7. The second-order valence-corrected chi connectivity index (χ2v) is 18.1. The minimum Gasteiger partial charge on any atom is -0.393 e. The number of aliphatic hydroxyl groups excluding tert-OH is 1. The van der Waals surface area contributed by atoms with Crippen LogP contribution in [0.25, 0.3) is 0 Å². The summed E-state index contributed by atoms with van der Waals surface area (Å²) in [7, 11) is -3.62. The predicted octanol–water partition coefficient (Wildman–Crippen LogP) is 8.21. The number of sulfone groups is 1. The molecule has 4 aliphatic rings. The van der Waals surface area contributed by atoms with Crippen LogP contribution in [0.3, 0.4) is 0 Å². The Hall–Kier alpha value is -1.12. The fourth-order valence-electron chi connectivity index (χ4n) is 10.8. The summed E-state index contributed by atoms with van der Waals surface area (Å²) in [5, 5.41) is 20.7. The van der Waals surface area contributed by atoms with Gasteiger partial charge in [0.25, 0.3) is 0 Å². The zero-order valence-electron chi connectivity index (χ0n) is 26.6. The Labute approximate surface area is 257 Å². The van der Waals surface area contributed by atoms with Crippen molar-refractivity contribution in [2.24, 2.45) is 52.3 Å². The highest BCUT2D eigenvalue weighted by Gasteiger charge is 2.65. The van der Waals surface area contributed by atoms with Crippen LogP contribution in [-0.2, 0) is 9.84 Å². The van der Waals surface area contributed by atoms with E-state index in [1.54, 1.807) is 24.3 Å². The fourth-order valence-corrected chi connectivity index (χ4v) is 12.7. The van der Waals surface area contributed by atoms with Crippen molar-refractivity contribution >= 4 is 9.84 Å². The average Bonchev–Trinajstić information content (AvgIpc) is 3.30. The number of alkyl halides is 3. The summed E-state index contributed by atoms with van der Waals surface area (Å²) in [6.45, 7) is 10.7. The lowest BCUT2D eigenvalue weighted by atomic mass is 9.43. The van der Waals surface area contributed by atoms with Crippen LogP contribution in [0.5, 0.6) is 0 Å². The third-order valence-electron chi connectivity index (χ3n) is 13.4. The third-order valence-corrected chi connectivity index (χ3v) is 15.6. The maximum atomic E-state index is 13.9. The molecule has 0 aliphatic heterocycles. The summed E-state index contributed by atoms with van der Waals surface area (Å²) in [6, 6.07) is 8.62. The summed E-state index contributed by atoms with van der Waals surface area (Å²) < 4.78 is 69.0. The smallest absolute Gasteiger partial charge is 0.393 e. The van der Waals surface area contributed by atoms with Gasteiger partial charge in [-0.15, -0.1) is 0 Å². The standard InChI is InChI=1S/C35H53F3O4S/c1-22(2)31(39)20-26(43(41,42)25-9-7-6-8-10-25)19-23(3)28-13-14-29-27-12-11-24-21-34(40,35(36,37)38)18-17-32(24,4)30(27)15-16-33(28,29)5/h6-10,22-24,26-31,39-40H,11-21H2,1-5H3/t23-,24+,26?,27+,28-,29+,30+,31-,32+,33-,34+/m1/s1. The van der Waals surface area contributed by atoms with Crippen LogP contribution in [0.4, 0.5) is 13.2 Å². The van der Waals surface area contributed by atoms with Crippen LogP contribution >= 0.6 is 0 Å². The normalized spacial score (nSPS) is 40.3. The molecule has 0 spiro atoms. The molecule has 0 saturated heterocycles. The molecule has 4 fully saturated rings. The molecule has 1 aromatic rings. The first kappa shape index (κ1) is 33.2. The van der Waals surface area contributed by atoms with Crippen LogP contribution in [0.15, 0.2) is 35.2 Å². The van der Waals surface area contributed by atoms with Gasteiger partial charge in [-0.1, -0.05) is 52.8 Å². The number of hydrogen-bond acceptors (Lipinski definition) is 4. The third kappa shape index (κ3) is 5.73. The topological polar surface area (TPSA) is 74.6 Å². The van der Waals surface area contributed by atoms with Gasteiger partial charge in [0, 0.05) is 0 Å². The SMILES string of the molecule is CC(C)[C@H](O)CC(C[C@@H](C)[C@H]1CC[C@H]2[C@@H]3CC[C@H]4C[C@](O)(C(F)(F)F)CC[C@]4(C)[C@H]3CC[C@]12C)S(=O)(=O)c1ccccc1. The van der Waals surface area contributed by atoms with Crippen LogP contribution < -0.4 is 0 Å². The van der Waals surface area contributed by atoms with Gasteiger partial charge >= 0.3 is 6.18 Å². The maximum absolute atomic E-state index is 13.9. The Kier molecular flexibility index (Phi) is 8.97. The van der Waals surface area contributed by atoms with Crippen LogP contribution in [-0.4, -0.2) is 41.8 Å². The quantitative estimate of drug-likeness (QED) is 0.305. The number of rotatable bonds is 8. The van der Waals surface area contributed by atoms with Crippen molar-refractivity contribution in [2.75, 3.05) is 0 Å². The lowest BCUT2D eigenvalue weighted by Gasteiger charge is -2.62. The van der Waals surface area contributed by atoms with Gasteiger partial charge in [0.2, 0.25) is 0 Å². The van der Waals surface area contributed by atoms with E-state index in [4.69, 9.17) is 0 Å². The Bertz CT molecular complexity index is 1240. The second-order valence-electron chi connectivity index (χ2n) is 15.9. The molecule has 4 aliphatic carbocycles. The Morgan fingerprint density at radius 1 is 0.884 bits per heavy atom. The van der Waals surface area contributed by atoms with Crippen molar-refractivity contribution < 1.29 is 31.8 Å². The van der Waals surface area contributed by atoms with Crippen molar-refractivity contribution in [3.05, 3.63) is 30.3 Å². The molecule has 1 aromatic carbocycles. The monoisotopic (exact) mass is 626 g/mol. The molecule has 5 rings (SSSR count). The van der Waals surface area contributed by atoms with Crippen LogP contribution in [0, 0.1) is 52.3 Å². The molecule has 4 nitrogen and oxygen atoms in total. The lowest BCUT2D eigenvalue weighted by molar-refractivity contribution is -0.290. The Balaban J connectivity index is 1.34. The molecule has 4 saturated carbocycles. The Morgan fingerprint density at radius 2 is 1.53 bits per heavy atom. The van der Waals surface area contributed by atoms with E-state index >= 15 is 0 Å². The number of fused-ring (bicyclic) bond motifs is 5. The fraction of sp³-hybridized carbons (Fsp3) is 0.829. The number of halogens is 3. The minimum absolute atomic E-state index is 0.0316. The molecule has 2 N–H and O–H groups in total. The largest absolute Gasteiger partial charge is 0.417 e. The molecule has 43 heavy (non-hydrogen) atoms. The van der Waals surface area contributed by atoms with E-state index in [9.17, 15) is 31.8 Å². The molecule has 0 radical (unpaired) electrons. The van der Waals surface area contributed by atoms with Crippen molar-refractivity contribution in [2.45, 2.75) is 133 Å². The van der Waals surface area contributed by atoms with E-state index in [0.29, 0.717) is 41.4 Å². The molecule has 244 valence electrons. The van der Waals surface area contributed by atoms with Gasteiger partial charge in [0.15, 0.2) is 15.4 Å². The molecular weight excluding hydrogens is 573 g/mol. The van der Waals surface area contributed by atoms with Gasteiger partial charge in [-0.3, -0.25) is 0 Å². The van der Waals surface area contributed by atoms with E-state index in [-0.39, 0.29) is 47.8 Å². The summed E-state index contributed by atoms with van der Waals surface area (Å²) in [6.07, 6.45) is 1.33. The van der Waals surface area contributed by atoms with E-state index < -0.39 is 33.0 Å². The molecule has 1 unspecified atom stereocenters. The zero-order valence-corrected chi connectivity index (χ0v) is 27.4. The van der Waals surface area contributed by atoms with E-state index in [0.717, 1.165) is 38.5 Å². The number of hydrogen-bond donors (Lipinski definition) is 2. The highest BCUT2D eigenvalue weighted by molar-refractivity contribution is 7.92.